The van der Waals surface area contributed by atoms with E-state index in [4.69, 9.17) is 4.74 Å². The lowest BCUT2D eigenvalue weighted by Crippen LogP contribution is -2.52. The van der Waals surface area contributed by atoms with Gasteiger partial charge in [0.05, 0.1) is 12.6 Å². The van der Waals surface area contributed by atoms with Crippen LogP contribution in [0.15, 0.2) is 0 Å². The van der Waals surface area contributed by atoms with Crippen LogP contribution in [0, 0.1) is 0 Å². The van der Waals surface area contributed by atoms with Gasteiger partial charge in [0.15, 0.2) is 5.60 Å². The molecule has 1 amide bonds. The van der Waals surface area contributed by atoms with Crippen LogP contribution in [0.2, 0.25) is 0 Å². The number of likely N-dealkylation sites (tertiary alicyclic amines) is 2. The Bertz CT molecular complexity index is 454. The van der Waals surface area contributed by atoms with Gasteiger partial charge in [-0.3, -0.25) is 9.69 Å². The van der Waals surface area contributed by atoms with Crippen LogP contribution in [0.1, 0.15) is 32.1 Å². The van der Waals surface area contributed by atoms with Crippen LogP contribution >= 0.6 is 0 Å². The lowest BCUT2D eigenvalue weighted by molar-refractivity contribution is -0.253. The smallest absolute Gasteiger partial charge is 0.381 e. The maximum Gasteiger partial charge on any atom is 0.419 e. The Labute approximate surface area is 133 Å². The largest absolute Gasteiger partial charge is 0.419 e. The van der Waals surface area contributed by atoms with Gasteiger partial charge in [-0.05, 0) is 32.2 Å². The first kappa shape index (κ1) is 17.0. The fourth-order valence-corrected chi connectivity index (χ4v) is 3.93. The van der Waals surface area contributed by atoms with Gasteiger partial charge in [-0.15, -0.1) is 0 Å². The summed E-state index contributed by atoms with van der Waals surface area (Å²) in [7, 11) is 0. The number of aliphatic hydroxyl groups is 1. The van der Waals surface area contributed by atoms with Gasteiger partial charge >= 0.3 is 6.18 Å². The molecule has 3 saturated heterocycles. The fraction of sp³-hybridized carbons (Fsp3) is 0.933. The summed E-state index contributed by atoms with van der Waals surface area (Å²) < 4.78 is 44.1. The summed E-state index contributed by atoms with van der Waals surface area (Å²) in [5.74, 6) is -0.269. The van der Waals surface area contributed by atoms with Crippen molar-refractivity contribution in [2.75, 3.05) is 32.8 Å². The number of β-amino-alcohol motifs (C(OH)–C–C–N with tert-alkyl or cyclic N) is 1. The molecule has 23 heavy (non-hydrogen) atoms. The molecule has 0 aromatic heterocycles. The molecule has 0 aliphatic carbocycles. The minimum absolute atomic E-state index is 0.0348. The second kappa shape index (κ2) is 6.22. The van der Waals surface area contributed by atoms with Gasteiger partial charge in [0.25, 0.3) is 0 Å². The van der Waals surface area contributed by atoms with Gasteiger partial charge < -0.3 is 14.7 Å². The van der Waals surface area contributed by atoms with Crippen molar-refractivity contribution in [3.8, 4) is 0 Å². The highest BCUT2D eigenvalue weighted by molar-refractivity contribution is 5.82. The topological polar surface area (TPSA) is 53.0 Å². The van der Waals surface area contributed by atoms with Crippen LogP contribution < -0.4 is 0 Å². The van der Waals surface area contributed by atoms with Crippen molar-refractivity contribution in [1.82, 2.24) is 9.80 Å². The predicted molar refractivity (Wildman–Crippen MR) is 75.8 cm³/mol. The number of hydrogen-bond acceptors (Lipinski definition) is 4. The Morgan fingerprint density at radius 2 is 1.87 bits per heavy atom. The highest BCUT2D eigenvalue weighted by Crippen LogP contribution is 2.38. The SMILES string of the molecule is O=C([C@@H]1CCCN1C1CCOCC1)N1CC[C@@](O)(C(F)(F)F)C1. The average molecular weight is 336 g/mol. The standard InChI is InChI=1S/C15H23F3N2O3/c16-15(17,18)14(22)5-7-19(10-14)13(21)12-2-1-6-20(12)11-3-8-23-9-4-11/h11-12,22H,1-10H2/t12-,14-/m0/s1. The second-order valence-corrected chi connectivity index (χ2v) is 6.78. The summed E-state index contributed by atoms with van der Waals surface area (Å²) in [6.45, 7) is 1.46. The summed E-state index contributed by atoms with van der Waals surface area (Å²) in [6.07, 6.45) is -1.86. The van der Waals surface area contributed by atoms with E-state index in [1.54, 1.807) is 0 Å². The van der Waals surface area contributed by atoms with Gasteiger partial charge in [0.1, 0.15) is 0 Å². The van der Waals surface area contributed by atoms with E-state index in [1.165, 1.54) is 4.90 Å². The van der Waals surface area contributed by atoms with Gasteiger partial charge in [-0.2, -0.15) is 13.2 Å². The molecule has 1 N–H and O–H groups in total. The fourth-order valence-electron chi connectivity index (χ4n) is 3.93. The first-order chi connectivity index (χ1) is 10.8. The molecule has 0 bridgehead atoms. The highest BCUT2D eigenvalue weighted by atomic mass is 19.4. The number of alkyl halides is 3. The Morgan fingerprint density at radius 1 is 1.17 bits per heavy atom. The molecule has 2 atom stereocenters. The summed E-state index contributed by atoms with van der Waals surface area (Å²) in [4.78, 5) is 16.0. The molecule has 132 valence electrons. The molecule has 0 unspecified atom stereocenters. The third-order valence-electron chi connectivity index (χ3n) is 5.33. The number of nitrogens with zero attached hydrogens (tertiary/aromatic N) is 2. The molecule has 3 aliphatic rings. The minimum Gasteiger partial charge on any atom is -0.381 e. The van der Waals surface area contributed by atoms with Crippen molar-refractivity contribution in [2.45, 2.75) is 56.0 Å². The van der Waals surface area contributed by atoms with Crippen LogP contribution in [-0.4, -0.2) is 77.5 Å². The normalized spacial score (nSPS) is 34.3. The molecule has 3 aliphatic heterocycles. The van der Waals surface area contributed by atoms with Crippen LogP contribution in [-0.2, 0) is 9.53 Å². The third-order valence-corrected chi connectivity index (χ3v) is 5.33. The van der Waals surface area contributed by atoms with Crippen LogP contribution in [0.5, 0.6) is 0 Å². The molecule has 0 aromatic carbocycles. The second-order valence-electron chi connectivity index (χ2n) is 6.78. The number of ether oxygens (including phenoxy) is 1. The van der Waals surface area contributed by atoms with Crippen molar-refractivity contribution >= 4 is 5.91 Å². The van der Waals surface area contributed by atoms with Crippen molar-refractivity contribution in [3.05, 3.63) is 0 Å². The molecule has 3 heterocycles. The van der Waals surface area contributed by atoms with Crippen molar-refractivity contribution in [3.63, 3.8) is 0 Å². The van der Waals surface area contributed by atoms with E-state index >= 15 is 0 Å². The van der Waals surface area contributed by atoms with Crippen molar-refractivity contribution < 1.29 is 27.8 Å². The van der Waals surface area contributed by atoms with Gasteiger partial charge in [-0.1, -0.05) is 0 Å². The van der Waals surface area contributed by atoms with E-state index in [0.717, 1.165) is 25.8 Å². The van der Waals surface area contributed by atoms with Crippen LogP contribution in [0.25, 0.3) is 0 Å². The molecule has 0 saturated carbocycles. The van der Waals surface area contributed by atoms with Crippen LogP contribution in [0.4, 0.5) is 13.2 Å². The zero-order valence-electron chi connectivity index (χ0n) is 13.0. The summed E-state index contributed by atoms with van der Waals surface area (Å²) >= 11 is 0. The lowest BCUT2D eigenvalue weighted by atomic mass is 10.0. The zero-order chi connectivity index (χ0) is 16.7. The Balaban J connectivity index is 1.66. The van der Waals surface area contributed by atoms with Crippen molar-refractivity contribution in [1.29, 1.82) is 0 Å². The summed E-state index contributed by atoms with van der Waals surface area (Å²) in [5.41, 5.74) is -2.76. The van der Waals surface area contributed by atoms with E-state index < -0.39 is 24.7 Å². The average Bonchev–Trinajstić information content (AvgIpc) is 3.14. The molecule has 0 spiro atoms. The number of halogens is 3. The van der Waals surface area contributed by atoms with E-state index in [9.17, 15) is 23.1 Å². The first-order valence-corrected chi connectivity index (χ1v) is 8.23. The first-order valence-electron chi connectivity index (χ1n) is 8.23. The lowest BCUT2D eigenvalue weighted by Gasteiger charge is -2.36. The monoisotopic (exact) mass is 336 g/mol. The maximum atomic E-state index is 12.9. The minimum atomic E-state index is -4.70. The van der Waals surface area contributed by atoms with Gasteiger partial charge in [0, 0.05) is 32.2 Å². The van der Waals surface area contributed by atoms with E-state index in [1.807, 2.05) is 0 Å². The number of amides is 1. The highest BCUT2D eigenvalue weighted by Gasteiger charge is 2.58. The summed E-state index contributed by atoms with van der Waals surface area (Å²) in [6, 6.07) is -0.0852. The molecule has 3 fully saturated rings. The van der Waals surface area contributed by atoms with Gasteiger partial charge in [-0.25, -0.2) is 0 Å². The number of rotatable bonds is 2. The number of carbonyl (C=O) groups excluding carboxylic acids is 1. The van der Waals surface area contributed by atoms with E-state index in [0.29, 0.717) is 19.6 Å². The molecular formula is C15H23F3N2O3. The molecule has 0 aromatic rings. The molecule has 5 nitrogen and oxygen atoms in total. The van der Waals surface area contributed by atoms with Gasteiger partial charge in [0.2, 0.25) is 5.91 Å². The molecular weight excluding hydrogens is 313 g/mol. The summed E-state index contributed by atoms with van der Waals surface area (Å²) in [5, 5.41) is 9.76. The predicted octanol–water partition coefficient (Wildman–Crippen LogP) is 1.16. The Kier molecular flexibility index (Phi) is 4.59. The van der Waals surface area contributed by atoms with Crippen molar-refractivity contribution in [2.24, 2.45) is 0 Å². The third kappa shape index (κ3) is 3.21. The maximum absolute atomic E-state index is 12.9. The Morgan fingerprint density at radius 3 is 2.48 bits per heavy atom. The van der Waals surface area contributed by atoms with E-state index in [2.05, 4.69) is 4.90 Å². The Hall–Kier alpha value is -0.860. The quantitative estimate of drug-likeness (QED) is 0.822. The zero-order valence-corrected chi connectivity index (χ0v) is 13.0. The van der Waals surface area contributed by atoms with E-state index in [-0.39, 0.29) is 24.5 Å². The number of hydrogen-bond donors (Lipinski definition) is 1. The molecule has 8 heteroatoms. The number of carbonyl (C=O) groups is 1. The molecule has 3 rings (SSSR count). The molecule has 0 radical (unpaired) electrons. The van der Waals surface area contributed by atoms with Crippen LogP contribution in [0.3, 0.4) is 0 Å².